The van der Waals surface area contributed by atoms with Gasteiger partial charge in [0.2, 0.25) is 0 Å². The van der Waals surface area contributed by atoms with Gasteiger partial charge in [-0.2, -0.15) is 8.42 Å². The smallest absolute Gasteiger partial charge is 0.289 e. The second-order valence-electron chi connectivity index (χ2n) is 4.88. The van der Waals surface area contributed by atoms with Crippen LogP contribution >= 0.6 is 0 Å². The first-order valence-electron chi connectivity index (χ1n) is 6.71. The molecule has 6 heteroatoms. The van der Waals surface area contributed by atoms with Gasteiger partial charge in [-0.3, -0.25) is 13.8 Å². The highest BCUT2D eigenvalue weighted by Gasteiger charge is 2.21. The zero-order valence-electron chi connectivity index (χ0n) is 11.6. The lowest BCUT2D eigenvalue weighted by Gasteiger charge is -2.14. The molecule has 0 spiro atoms. The summed E-state index contributed by atoms with van der Waals surface area (Å²) in [5.41, 5.74) is 2.01. The molecule has 1 aliphatic rings. The van der Waals surface area contributed by atoms with Crippen molar-refractivity contribution in [1.29, 1.82) is 0 Å². The molecule has 22 heavy (non-hydrogen) atoms. The summed E-state index contributed by atoms with van der Waals surface area (Å²) in [6.07, 6.45) is 2.85. The molecule has 0 unspecified atom stereocenters. The van der Waals surface area contributed by atoms with Gasteiger partial charge in [0.05, 0.1) is 6.54 Å². The molecule has 0 fully saturated rings. The molecule has 3 rings (SSSR count). The highest BCUT2D eigenvalue weighted by atomic mass is 32.2. The van der Waals surface area contributed by atoms with Gasteiger partial charge in [0, 0.05) is 23.5 Å². The average Bonchev–Trinajstić information content (AvgIpc) is 2.87. The Morgan fingerprint density at radius 2 is 1.59 bits per heavy atom. The van der Waals surface area contributed by atoms with Gasteiger partial charge in [-0.05, 0) is 5.56 Å². The van der Waals surface area contributed by atoms with Crippen molar-refractivity contribution in [3.8, 4) is 0 Å². The summed E-state index contributed by atoms with van der Waals surface area (Å²) in [4.78, 5) is 12.3. The Morgan fingerprint density at radius 3 is 2.18 bits per heavy atom. The average molecular weight is 314 g/mol. The van der Waals surface area contributed by atoms with Crippen molar-refractivity contribution >= 4 is 16.0 Å². The Labute approximate surface area is 129 Å². The molecule has 0 saturated carbocycles. The zero-order valence-corrected chi connectivity index (χ0v) is 12.5. The third-order valence-corrected chi connectivity index (χ3v) is 4.66. The van der Waals surface area contributed by atoms with E-state index in [0.29, 0.717) is 11.1 Å². The molecule has 5 nitrogen and oxygen atoms in total. The van der Waals surface area contributed by atoms with E-state index in [1.54, 1.807) is 36.4 Å². The highest BCUT2D eigenvalue weighted by Crippen LogP contribution is 2.15. The Hall–Kier alpha value is -2.60. The standard InChI is InChI=1S/C16H14N2O3S/c19-16(14-4-2-1-3-5-14)15-8-6-13(7-9-15)12-18-11-10-17-22(18,20)21/h1-11,17H,12H2. The molecule has 1 N–H and O–H groups in total. The number of ketones is 1. The van der Waals surface area contributed by atoms with Crippen LogP contribution in [0.25, 0.3) is 0 Å². The fourth-order valence-corrected chi connectivity index (χ4v) is 3.09. The minimum Gasteiger partial charge on any atom is -0.289 e. The van der Waals surface area contributed by atoms with Gasteiger partial charge in [0.1, 0.15) is 0 Å². The molecule has 0 atom stereocenters. The fourth-order valence-electron chi connectivity index (χ4n) is 2.18. The number of rotatable bonds is 4. The van der Waals surface area contributed by atoms with Crippen LogP contribution in [0.4, 0.5) is 0 Å². The molecule has 1 heterocycles. The van der Waals surface area contributed by atoms with Crippen LogP contribution in [-0.4, -0.2) is 18.5 Å². The van der Waals surface area contributed by atoms with E-state index >= 15 is 0 Å². The van der Waals surface area contributed by atoms with Crippen LogP contribution in [0.3, 0.4) is 0 Å². The van der Waals surface area contributed by atoms with Crippen LogP contribution in [0, 0.1) is 0 Å². The predicted octanol–water partition coefficient (Wildman–Crippen LogP) is 2.04. The van der Waals surface area contributed by atoms with E-state index in [2.05, 4.69) is 4.72 Å². The van der Waals surface area contributed by atoms with Crippen molar-refractivity contribution in [2.75, 3.05) is 0 Å². The van der Waals surface area contributed by atoms with E-state index in [-0.39, 0.29) is 12.3 Å². The molecule has 112 valence electrons. The third kappa shape index (κ3) is 2.87. The summed E-state index contributed by atoms with van der Waals surface area (Å²) < 4.78 is 26.7. The van der Waals surface area contributed by atoms with Crippen molar-refractivity contribution in [3.05, 3.63) is 83.7 Å². The van der Waals surface area contributed by atoms with Gasteiger partial charge in [-0.1, -0.05) is 54.6 Å². The molecule has 0 amide bonds. The lowest BCUT2D eigenvalue weighted by atomic mass is 10.0. The number of nitrogens with zero attached hydrogens (tertiary/aromatic N) is 1. The van der Waals surface area contributed by atoms with Crippen molar-refractivity contribution < 1.29 is 13.2 Å². The van der Waals surface area contributed by atoms with Crippen LogP contribution < -0.4 is 4.72 Å². The van der Waals surface area contributed by atoms with Crippen molar-refractivity contribution in [1.82, 2.24) is 9.03 Å². The molecule has 2 aromatic carbocycles. The predicted molar refractivity (Wildman–Crippen MR) is 83.1 cm³/mol. The maximum Gasteiger partial charge on any atom is 0.323 e. The van der Waals surface area contributed by atoms with E-state index in [9.17, 15) is 13.2 Å². The maximum atomic E-state index is 12.3. The van der Waals surface area contributed by atoms with Crippen LogP contribution in [0.2, 0.25) is 0 Å². The Morgan fingerprint density at radius 1 is 0.955 bits per heavy atom. The monoisotopic (exact) mass is 314 g/mol. The lowest BCUT2D eigenvalue weighted by molar-refractivity contribution is 0.103. The van der Waals surface area contributed by atoms with Crippen LogP contribution in [0.5, 0.6) is 0 Å². The zero-order chi connectivity index (χ0) is 15.6. The Kier molecular flexibility index (Phi) is 3.68. The Bertz CT molecular complexity index is 812. The number of benzene rings is 2. The summed E-state index contributed by atoms with van der Waals surface area (Å²) >= 11 is 0. The number of hydrogen-bond acceptors (Lipinski definition) is 3. The summed E-state index contributed by atoms with van der Waals surface area (Å²) in [5.74, 6) is -0.0532. The second-order valence-corrected chi connectivity index (χ2v) is 6.53. The summed E-state index contributed by atoms with van der Waals surface area (Å²) in [7, 11) is -3.45. The normalized spacial score (nSPS) is 15.5. The summed E-state index contributed by atoms with van der Waals surface area (Å²) in [6.45, 7) is 0.228. The first-order chi connectivity index (χ1) is 10.6. The molecule has 1 aliphatic heterocycles. The van der Waals surface area contributed by atoms with E-state index < -0.39 is 10.2 Å². The van der Waals surface area contributed by atoms with E-state index in [4.69, 9.17) is 0 Å². The van der Waals surface area contributed by atoms with E-state index in [0.717, 1.165) is 5.56 Å². The highest BCUT2D eigenvalue weighted by molar-refractivity contribution is 7.87. The molecule has 0 aromatic heterocycles. The maximum absolute atomic E-state index is 12.3. The molecule has 0 bridgehead atoms. The minimum absolute atomic E-state index is 0.0532. The van der Waals surface area contributed by atoms with Crippen molar-refractivity contribution in [2.24, 2.45) is 0 Å². The van der Waals surface area contributed by atoms with Gasteiger partial charge in [0.25, 0.3) is 0 Å². The summed E-state index contributed by atoms with van der Waals surface area (Å²) in [5, 5.41) is 0. The first-order valence-corrected chi connectivity index (χ1v) is 8.15. The number of carbonyl (C=O) groups is 1. The lowest BCUT2D eigenvalue weighted by Crippen LogP contribution is -2.28. The number of carbonyl (C=O) groups excluding carboxylic acids is 1. The molecule has 0 saturated heterocycles. The van der Waals surface area contributed by atoms with E-state index in [1.807, 2.05) is 18.2 Å². The van der Waals surface area contributed by atoms with Gasteiger partial charge in [-0.25, -0.2) is 0 Å². The first kappa shape index (κ1) is 14.3. The molecule has 2 aromatic rings. The van der Waals surface area contributed by atoms with Gasteiger partial charge in [-0.15, -0.1) is 0 Å². The minimum atomic E-state index is -3.45. The fraction of sp³-hybridized carbons (Fsp3) is 0.0625. The quantitative estimate of drug-likeness (QED) is 0.878. The van der Waals surface area contributed by atoms with Crippen LogP contribution in [-0.2, 0) is 16.8 Å². The number of nitrogens with one attached hydrogen (secondary N) is 1. The number of hydrogen-bond donors (Lipinski definition) is 1. The van der Waals surface area contributed by atoms with Crippen molar-refractivity contribution in [2.45, 2.75) is 6.54 Å². The molecular weight excluding hydrogens is 300 g/mol. The summed E-state index contributed by atoms with van der Waals surface area (Å²) in [6, 6.07) is 16.0. The van der Waals surface area contributed by atoms with Crippen LogP contribution in [0.1, 0.15) is 21.5 Å². The molecule has 0 radical (unpaired) electrons. The van der Waals surface area contributed by atoms with Gasteiger partial charge in [0.15, 0.2) is 5.78 Å². The van der Waals surface area contributed by atoms with Gasteiger partial charge >= 0.3 is 10.2 Å². The topological polar surface area (TPSA) is 66.5 Å². The van der Waals surface area contributed by atoms with E-state index in [1.165, 1.54) is 16.7 Å². The SMILES string of the molecule is O=C(c1ccccc1)c1ccc(CN2C=CNS2(=O)=O)cc1. The van der Waals surface area contributed by atoms with Crippen LogP contribution in [0.15, 0.2) is 67.0 Å². The van der Waals surface area contributed by atoms with Gasteiger partial charge < -0.3 is 0 Å². The third-order valence-electron chi connectivity index (χ3n) is 3.36. The largest absolute Gasteiger partial charge is 0.323 e. The molecular formula is C16H14N2O3S. The molecule has 0 aliphatic carbocycles. The van der Waals surface area contributed by atoms with Crippen molar-refractivity contribution in [3.63, 3.8) is 0 Å². The second kappa shape index (κ2) is 5.65. The Balaban J connectivity index is 1.76.